The van der Waals surface area contributed by atoms with Crippen molar-refractivity contribution < 1.29 is 14.3 Å². The van der Waals surface area contributed by atoms with Gasteiger partial charge in [-0.2, -0.15) is 0 Å². The van der Waals surface area contributed by atoms with Crippen LogP contribution < -0.4 is 10.1 Å². The van der Waals surface area contributed by atoms with Crippen LogP contribution in [0.4, 0.5) is 0 Å². The molecule has 1 atom stereocenters. The minimum Gasteiger partial charge on any atom is -0.483 e. The Balaban J connectivity index is 1.72. The van der Waals surface area contributed by atoms with Gasteiger partial charge in [-0.05, 0) is 77.0 Å². The number of hydrogen-bond acceptors (Lipinski definition) is 3. The zero-order chi connectivity index (χ0) is 24.0. The maximum atomic E-state index is 13.3. The monoisotopic (exact) mass is 578 g/mol. The lowest BCUT2D eigenvalue weighted by molar-refractivity contribution is -0.142. The lowest BCUT2D eigenvalue weighted by Crippen LogP contribution is -2.50. The first-order valence-electron chi connectivity index (χ1n) is 11.5. The fourth-order valence-corrected chi connectivity index (χ4v) is 4.98. The van der Waals surface area contributed by atoms with E-state index >= 15 is 0 Å². The molecule has 2 aromatic rings. The largest absolute Gasteiger partial charge is 0.483 e. The Morgan fingerprint density at radius 1 is 1.09 bits per heavy atom. The van der Waals surface area contributed by atoms with Crippen molar-refractivity contribution in [3.05, 3.63) is 62.5 Å². The van der Waals surface area contributed by atoms with E-state index in [1.54, 1.807) is 11.8 Å². The highest BCUT2D eigenvalue weighted by atomic mass is 79.9. The zero-order valence-electron chi connectivity index (χ0n) is 19.4. The fourth-order valence-electron chi connectivity index (χ4n) is 4.02. The summed E-state index contributed by atoms with van der Waals surface area (Å²) in [4.78, 5) is 27.8. The van der Waals surface area contributed by atoms with Gasteiger partial charge in [-0.3, -0.25) is 9.59 Å². The highest BCUT2D eigenvalue weighted by Gasteiger charge is 2.29. The summed E-state index contributed by atoms with van der Waals surface area (Å²) in [6, 6.07) is 13.3. The van der Waals surface area contributed by atoms with Crippen LogP contribution in [0.3, 0.4) is 0 Å². The van der Waals surface area contributed by atoms with Crippen LogP contribution in [-0.4, -0.2) is 35.4 Å². The Labute approximate surface area is 213 Å². The summed E-state index contributed by atoms with van der Waals surface area (Å²) in [5.41, 5.74) is 2.13. The third-order valence-electron chi connectivity index (χ3n) is 6.08. The van der Waals surface area contributed by atoms with Gasteiger partial charge in [-0.25, -0.2) is 0 Å². The first-order valence-corrected chi connectivity index (χ1v) is 13.1. The molecule has 2 amide bonds. The summed E-state index contributed by atoms with van der Waals surface area (Å²) in [7, 11) is 0. The van der Waals surface area contributed by atoms with Crippen LogP contribution in [0, 0.1) is 0 Å². The smallest absolute Gasteiger partial charge is 0.261 e. The van der Waals surface area contributed by atoms with Crippen LogP contribution in [0.25, 0.3) is 0 Å². The molecule has 33 heavy (non-hydrogen) atoms. The van der Waals surface area contributed by atoms with Crippen LogP contribution in [0.1, 0.15) is 63.5 Å². The Morgan fingerprint density at radius 3 is 2.45 bits per heavy atom. The number of carbonyl (C=O) groups excluding carboxylic acids is 2. The van der Waals surface area contributed by atoms with Crippen molar-refractivity contribution in [1.29, 1.82) is 0 Å². The molecule has 0 saturated heterocycles. The van der Waals surface area contributed by atoms with E-state index in [2.05, 4.69) is 51.0 Å². The average Bonchev–Trinajstić information content (AvgIpc) is 3.29. The van der Waals surface area contributed by atoms with Crippen LogP contribution in [-0.2, 0) is 16.1 Å². The van der Waals surface area contributed by atoms with Gasteiger partial charge in [0.25, 0.3) is 5.91 Å². The number of benzene rings is 2. The van der Waals surface area contributed by atoms with E-state index in [9.17, 15) is 9.59 Å². The van der Waals surface area contributed by atoms with E-state index in [1.165, 1.54) is 5.56 Å². The number of nitrogens with zero attached hydrogens (tertiary/aromatic N) is 1. The quantitative estimate of drug-likeness (QED) is 0.385. The van der Waals surface area contributed by atoms with Crippen LogP contribution >= 0.6 is 31.9 Å². The molecule has 0 spiro atoms. The molecule has 178 valence electrons. The molecule has 0 radical (unpaired) electrons. The molecule has 0 bridgehead atoms. The van der Waals surface area contributed by atoms with E-state index in [1.807, 2.05) is 42.5 Å². The Bertz CT molecular complexity index is 974. The second-order valence-corrected chi connectivity index (χ2v) is 10.7. The molecule has 1 aliphatic rings. The van der Waals surface area contributed by atoms with Crippen LogP contribution in [0.15, 0.2) is 51.4 Å². The van der Waals surface area contributed by atoms with Gasteiger partial charge in [0.2, 0.25) is 5.91 Å². The molecule has 1 saturated carbocycles. The number of halogens is 2. The molecule has 1 fully saturated rings. The second-order valence-electron chi connectivity index (χ2n) is 8.95. The fraction of sp³-hybridized carbons (Fsp3) is 0.462. The molecule has 1 unspecified atom stereocenters. The first kappa shape index (κ1) is 25.8. The van der Waals surface area contributed by atoms with Crippen molar-refractivity contribution in [2.24, 2.45) is 0 Å². The summed E-state index contributed by atoms with van der Waals surface area (Å²) in [6.45, 7) is 6.23. The summed E-state index contributed by atoms with van der Waals surface area (Å²) in [5, 5.41) is 3.12. The van der Waals surface area contributed by atoms with Gasteiger partial charge in [-0.15, -0.1) is 0 Å². The van der Waals surface area contributed by atoms with Crippen molar-refractivity contribution in [3.8, 4) is 5.75 Å². The molecular formula is C26H32Br2N2O3. The number of amides is 2. The van der Waals surface area contributed by atoms with Crippen molar-refractivity contribution in [3.63, 3.8) is 0 Å². The van der Waals surface area contributed by atoms with Gasteiger partial charge in [0, 0.05) is 17.1 Å². The van der Waals surface area contributed by atoms with Gasteiger partial charge in [0.05, 0.1) is 4.47 Å². The van der Waals surface area contributed by atoms with Crippen molar-refractivity contribution >= 4 is 43.7 Å². The Morgan fingerprint density at radius 2 is 1.82 bits per heavy atom. The first-order chi connectivity index (χ1) is 15.7. The number of ether oxygens (including phenoxy) is 1. The summed E-state index contributed by atoms with van der Waals surface area (Å²) in [5.74, 6) is 0.659. The van der Waals surface area contributed by atoms with Crippen LogP contribution in [0.2, 0.25) is 0 Å². The van der Waals surface area contributed by atoms with Gasteiger partial charge in [0.1, 0.15) is 11.8 Å². The molecule has 7 heteroatoms. The normalized spacial score (nSPS) is 14.8. The standard InChI is InChI=1S/C26H32Br2N2O3/c1-17(2)20-11-12-24(23(28)14-20)33-16-25(31)30(15-19-7-6-8-21(27)13-19)18(3)26(32)29-22-9-4-5-10-22/h6-8,11-14,17-18,22H,4-5,9-10,15-16H2,1-3H3,(H,29,32). The average molecular weight is 580 g/mol. The van der Waals surface area contributed by atoms with E-state index in [4.69, 9.17) is 4.74 Å². The number of hydrogen-bond donors (Lipinski definition) is 1. The van der Waals surface area contributed by atoms with Gasteiger partial charge < -0.3 is 15.0 Å². The predicted molar refractivity (Wildman–Crippen MR) is 138 cm³/mol. The summed E-state index contributed by atoms with van der Waals surface area (Å²) < 4.78 is 7.60. The summed E-state index contributed by atoms with van der Waals surface area (Å²) in [6.07, 6.45) is 4.28. The topological polar surface area (TPSA) is 58.6 Å². The molecule has 1 aliphatic carbocycles. The number of rotatable bonds is 9. The number of carbonyl (C=O) groups is 2. The van der Waals surface area contributed by atoms with Gasteiger partial charge >= 0.3 is 0 Å². The predicted octanol–water partition coefficient (Wildman–Crippen LogP) is 6.19. The maximum Gasteiger partial charge on any atom is 0.261 e. The van der Waals surface area contributed by atoms with E-state index in [-0.39, 0.29) is 24.5 Å². The van der Waals surface area contributed by atoms with Gasteiger partial charge in [0.15, 0.2) is 6.61 Å². The van der Waals surface area contributed by atoms with Crippen LogP contribution in [0.5, 0.6) is 5.75 Å². The minimum atomic E-state index is -0.604. The van der Waals surface area contributed by atoms with Crippen molar-refractivity contribution in [1.82, 2.24) is 10.2 Å². The van der Waals surface area contributed by atoms with E-state index in [0.29, 0.717) is 18.2 Å². The summed E-state index contributed by atoms with van der Waals surface area (Å²) >= 11 is 7.03. The molecule has 0 heterocycles. The Hall–Kier alpha value is -1.86. The highest BCUT2D eigenvalue weighted by molar-refractivity contribution is 9.10. The third-order valence-corrected chi connectivity index (χ3v) is 7.20. The van der Waals surface area contributed by atoms with E-state index in [0.717, 1.165) is 40.2 Å². The molecule has 2 aromatic carbocycles. The van der Waals surface area contributed by atoms with Crippen molar-refractivity contribution in [2.45, 2.75) is 71.0 Å². The highest BCUT2D eigenvalue weighted by Crippen LogP contribution is 2.29. The lowest BCUT2D eigenvalue weighted by atomic mass is 10.0. The second kappa shape index (κ2) is 12.0. The maximum absolute atomic E-state index is 13.3. The lowest BCUT2D eigenvalue weighted by Gasteiger charge is -2.29. The molecule has 0 aromatic heterocycles. The molecule has 5 nitrogen and oxygen atoms in total. The Kier molecular flexibility index (Phi) is 9.38. The van der Waals surface area contributed by atoms with Crippen molar-refractivity contribution in [2.75, 3.05) is 6.61 Å². The zero-order valence-corrected chi connectivity index (χ0v) is 22.6. The SMILES string of the molecule is CC(C)c1ccc(OCC(=O)N(Cc2cccc(Br)c2)C(C)C(=O)NC2CCCC2)c(Br)c1. The molecule has 0 aliphatic heterocycles. The minimum absolute atomic E-state index is 0.118. The number of nitrogens with one attached hydrogen (secondary N) is 1. The van der Waals surface area contributed by atoms with Gasteiger partial charge in [-0.1, -0.05) is 60.8 Å². The third kappa shape index (κ3) is 7.31. The molecule has 3 rings (SSSR count). The molecule has 1 N–H and O–H groups in total. The molecular weight excluding hydrogens is 548 g/mol. The van der Waals surface area contributed by atoms with E-state index < -0.39 is 6.04 Å².